The highest BCUT2D eigenvalue weighted by molar-refractivity contribution is 5.76. The number of hydrogen-bond donors (Lipinski definition) is 2. The second-order valence-corrected chi connectivity index (χ2v) is 5.70. The van der Waals surface area contributed by atoms with Crippen molar-refractivity contribution in [2.24, 2.45) is 0 Å². The minimum absolute atomic E-state index is 0.187. The molecule has 0 radical (unpaired) electrons. The van der Waals surface area contributed by atoms with Gasteiger partial charge in [-0.05, 0) is 30.5 Å². The van der Waals surface area contributed by atoms with Crippen molar-refractivity contribution in [1.29, 1.82) is 0 Å². The fourth-order valence-corrected chi connectivity index (χ4v) is 2.40. The topological polar surface area (TPSA) is 49.3 Å². The van der Waals surface area contributed by atoms with Gasteiger partial charge >= 0.3 is 0 Å². The third kappa shape index (κ3) is 5.49. The summed E-state index contributed by atoms with van der Waals surface area (Å²) in [6, 6.07) is 15.7. The maximum Gasteiger partial charge on any atom is 0.220 e. The van der Waals surface area contributed by atoms with Crippen molar-refractivity contribution in [3.05, 3.63) is 71.5 Å². The molecule has 0 saturated heterocycles. The zero-order valence-corrected chi connectivity index (χ0v) is 13.2. The normalized spacial score (nSPS) is 13.3. The molecule has 0 fully saturated rings. The third-order valence-corrected chi connectivity index (χ3v) is 3.83. The molecule has 0 saturated carbocycles. The molecular weight excluding hydrogens is 293 g/mol. The fraction of sp³-hybridized carbons (Fsp3) is 0.316. The van der Waals surface area contributed by atoms with E-state index in [1.165, 1.54) is 6.07 Å². The number of aliphatic hydroxyl groups excluding tert-OH is 1. The Hall–Kier alpha value is -2.20. The highest BCUT2D eigenvalue weighted by Crippen LogP contribution is 2.10. The zero-order valence-electron chi connectivity index (χ0n) is 13.2. The summed E-state index contributed by atoms with van der Waals surface area (Å²) in [6.45, 7) is 1.77. The van der Waals surface area contributed by atoms with Crippen LogP contribution in [0.2, 0.25) is 0 Å². The Balaban J connectivity index is 1.79. The SMILES string of the molecule is CC(NC(=O)CCc1ccccc1F)C(O)Cc1ccccc1. The van der Waals surface area contributed by atoms with Crippen molar-refractivity contribution in [2.75, 3.05) is 0 Å². The van der Waals surface area contributed by atoms with Gasteiger partial charge in [0, 0.05) is 12.8 Å². The Kier molecular flexibility index (Phi) is 6.29. The average molecular weight is 315 g/mol. The molecule has 0 heterocycles. The smallest absolute Gasteiger partial charge is 0.220 e. The van der Waals surface area contributed by atoms with Gasteiger partial charge in [-0.25, -0.2) is 4.39 Å². The first-order valence-corrected chi connectivity index (χ1v) is 7.81. The van der Waals surface area contributed by atoms with Gasteiger partial charge in [0.2, 0.25) is 5.91 Å². The van der Waals surface area contributed by atoms with Crippen molar-refractivity contribution in [2.45, 2.75) is 38.3 Å². The quantitative estimate of drug-likeness (QED) is 0.825. The van der Waals surface area contributed by atoms with E-state index in [1.54, 1.807) is 25.1 Å². The maximum atomic E-state index is 13.5. The molecule has 3 nitrogen and oxygen atoms in total. The van der Waals surface area contributed by atoms with Gasteiger partial charge in [-0.1, -0.05) is 48.5 Å². The van der Waals surface area contributed by atoms with Crippen LogP contribution in [0.3, 0.4) is 0 Å². The number of carbonyl (C=O) groups is 1. The van der Waals surface area contributed by atoms with Gasteiger partial charge in [0.25, 0.3) is 0 Å². The molecule has 2 rings (SSSR count). The molecule has 0 aliphatic rings. The number of amides is 1. The maximum absolute atomic E-state index is 13.5. The molecule has 2 atom stereocenters. The van der Waals surface area contributed by atoms with Crippen LogP contribution in [0.15, 0.2) is 54.6 Å². The highest BCUT2D eigenvalue weighted by atomic mass is 19.1. The predicted octanol–water partition coefficient (Wildman–Crippen LogP) is 2.87. The summed E-state index contributed by atoms with van der Waals surface area (Å²) in [7, 11) is 0. The van der Waals surface area contributed by atoms with Gasteiger partial charge in [0.1, 0.15) is 5.82 Å². The van der Waals surface area contributed by atoms with Crippen LogP contribution in [-0.4, -0.2) is 23.2 Å². The second-order valence-electron chi connectivity index (χ2n) is 5.70. The molecule has 2 unspecified atom stereocenters. The van der Waals surface area contributed by atoms with E-state index < -0.39 is 6.10 Å². The van der Waals surface area contributed by atoms with Crippen LogP contribution >= 0.6 is 0 Å². The van der Waals surface area contributed by atoms with Crippen molar-refractivity contribution >= 4 is 5.91 Å². The molecule has 122 valence electrons. The van der Waals surface area contributed by atoms with Gasteiger partial charge in [-0.3, -0.25) is 4.79 Å². The molecule has 2 aromatic rings. The highest BCUT2D eigenvalue weighted by Gasteiger charge is 2.17. The van der Waals surface area contributed by atoms with Gasteiger partial charge in [-0.15, -0.1) is 0 Å². The van der Waals surface area contributed by atoms with Gasteiger partial charge < -0.3 is 10.4 Å². The van der Waals surface area contributed by atoms with Crippen molar-refractivity contribution in [1.82, 2.24) is 5.32 Å². The molecule has 23 heavy (non-hydrogen) atoms. The summed E-state index contributed by atoms with van der Waals surface area (Å²) in [6.07, 6.45) is 0.369. The lowest BCUT2D eigenvalue weighted by Crippen LogP contribution is -2.42. The Labute approximate surface area is 136 Å². The monoisotopic (exact) mass is 315 g/mol. The number of aryl methyl sites for hydroxylation is 1. The number of hydrogen-bond acceptors (Lipinski definition) is 2. The van der Waals surface area contributed by atoms with E-state index in [-0.39, 0.29) is 24.2 Å². The van der Waals surface area contributed by atoms with E-state index in [4.69, 9.17) is 0 Å². The van der Waals surface area contributed by atoms with Crippen molar-refractivity contribution in [3.8, 4) is 0 Å². The molecule has 0 aromatic heterocycles. The molecule has 1 amide bonds. The van der Waals surface area contributed by atoms with E-state index in [0.717, 1.165) is 5.56 Å². The minimum Gasteiger partial charge on any atom is -0.391 e. The average Bonchev–Trinajstić information content (AvgIpc) is 2.55. The zero-order chi connectivity index (χ0) is 16.7. The van der Waals surface area contributed by atoms with E-state index in [2.05, 4.69) is 5.32 Å². The van der Waals surface area contributed by atoms with Crippen molar-refractivity contribution in [3.63, 3.8) is 0 Å². The van der Waals surface area contributed by atoms with Crippen LogP contribution in [0.1, 0.15) is 24.5 Å². The molecule has 0 aliphatic carbocycles. The van der Waals surface area contributed by atoms with Crippen LogP contribution < -0.4 is 5.32 Å². The fourth-order valence-electron chi connectivity index (χ4n) is 2.40. The van der Waals surface area contributed by atoms with E-state index >= 15 is 0 Å². The number of benzene rings is 2. The molecular formula is C19H22FNO2. The summed E-state index contributed by atoms with van der Waals surface area (Å²) < 4.78 is 13.5. The standard InChI is InChI=1S/C19H22FNO2/c1-14(18(22)13-15-7-3-2-4-8-15)21-19(23)12-11-16-9-5-6-10-17(16)20/h2-10,14,18,22H,11-13H2,1H3,(H,21,23). The first-order chi connectivity index (χ1) is 11.1. The lowest BCUT2D eigenvalue weighted by atomic mass is 10.0. The van der Waals surface area contributed by atoms with E-state index in [9.17, 15) is 14.3 Å². The Morgan fingerprint density at radius 3 is 2.48 bits per heavy atom. The minimum atomic E-state index is -0.658. The molecule has 2 aromatic carbocycles. The summed E-state index contributed by atoms with van der Waals surface area (Å²) >= 11 is 0. The number of halogens is 1. The molecule has 0 aliphatic heterocycles. The van der Waals surface area contributed by atoms with Gasteiger partial charge in [0.05, 0.1) is 12.1 Å². The Morgan fingerprint density at radius 2 is 1.78 bits per heavy atom. The Morgan fingerprint density at radius 1 is 1.13 bits per heavy atom. The van der Waals surface area contributed by atoms with Crippen molar-refractivity contribution < 1.29 is 14.3 Å². The van der Waals surface area contributed by atoms with Gasteiger partial charge in [-0.2, -0.15) is 0 Å². The van der Waals surface area contributed by atoms with Crippen LogP contribution in [-0.2, 0) is 17.6 Å². The van der Waals surface area contributed by atoms with Crippen LogP contribution in [0.25, 0.3) is 0 Å². The number of nitrogens with one attached hydrogen (secondary N) is 1. The lowest BCUT2D eigenvalue weighted by molar-refractivity contribution is -0.122. The number of rotatable bonds is 7. The third-order valence-electron chi connectivity index (χ3n) is 3.83. The molecule has 0 bridgehead atoms. The first-order valence-electron chi connectivity index (χ1n) is 7.81. The van der Waals surface area contributed by atoms with Gasteiger partial charge in [0.15, 0.2) is 0 Å². The lowest BCUT2D eigenvalue weighted by Gasteiger charge is -2.20. The first kappa shape index (κ1) is 17.2. The molecule has 4 heteroatoms. The van der Waals surface area contributed by atoms with E-state index in [0.29, 0.717) is 18.4 Å². The second kappa shape index (κ2) is 8.44. The summed E-state index contributed by atoms with van der Waals surface area (Å²) in [5.41, 5.74) is 1.55. The van der Waals surface area contributed by atoms with Crippen LogP contribution in [0, 0.1) is 5.82 Å². The molecule has 2 N–H and O–H groups in total. The van der Waals surface area contributed by atoms with E-state index in [1.807, 2.05) is 30.3 Å². The van der Waals surface area contributed by atoms with Crippen LogP contribution in [0.4, 0.5) is 4.39 Å². The molecule has 0 spiro atoms. The number of carbonyl (C=O) groups excluding carboxylic acids is 1. The summed E-state index contributed by atoms with van der Waals surface area (Å²) in [5.74, 6) is -0.481. The Bertz CT molecular complexity index is 630. The summed E-state index contributed by atoms with van der Waals surface area (Å²) in [4.78, 5) is 12.0. The number of aliphatic hydroxyl groups is 1. The largest absolute Gasteiger partial charge is 0.391 e. The van der Waals surface area contributed by atoms with Crippen LogP contribution in [0.5, 0.6) is 0 Å². The summed E-state index contributed by atoms with van der Waals surface area (Å²) in [5, 5.41) is 13.0. The predicted molar refractivity (Wildman–Crippen MR) is 88.5 cm³/mol.